The summed E-state index contributed by atoms with van der Waals surface area (Å²) in [6.45, 7) is 6.73. The van der Waals surface area contributed by atoms with Gasteiger partial charge in [0.05, 0.1) is 12.7 Å². The third kappa shape index (κ3) is 4.80. The van der Waals surface area contributed by atoms with Gasteiger partial charge in [-0.25, -0.2) is 0 Å². The van der Waals surface area contributed by atoms with Gasteiger partial charge in [-0.05, 0) is 38.5 Å². The average molecular weight is 211 g/mol. The van der Waals surface area contributed by atoms with Gasteiger partial charge in [0.15, 0.2) is 0 Å². The quantitative estimate of drug-likeness (QED) is 0.519. The van der Waals surface area contributed by atoms with Crippen molar-refractivity contribution in [1.29, 1.82) is 0 Å². The SMILES string of the molecule is C=CCCCCCC(N)C1COC(C)C1. The van der Waals surface area contributed by atoms with Crippen molar-refractivity contribution in [3.8, 4) is 0 Å². The summed E-state index contributed by atoms with van der Waals surface area (Å²) in [5.41, 5.74) is 6.16. The van der Waals surface area contributed by atoms with E-state index in [0.717, 1.165) is 25.9 Å². The summed E-state index contributed by atoms with van der Waals surface area (Å²) in [7, 11) is 0. The molecule has 3 atom stereocenters. The molecule has 1 fully saturated rings. The van der Waals surface area contributed by atoms with Crippen molar-refractivity contribution in [3.63, 3.8) is 0 Å². The molecule has 2 nitrogen and oxygen atoms in total. The molecule has 0 spiro atoms. The van der Waals surface area contributed by atoms with E-state index in [4.69, 9.17) is 10.5 Å². The smallest absolute Gasteiger partial charge is 0.0551 e. The van der Waals surface area contributed by atoms with Gasteiger partial charge in [0.1, 0.15) is 0 Å². The van der Waals surface area contributed by atoms with E-state index in [2.05, 4.69) is 13.5 Å². The zero-order valence-corrected chi connectivity index (χ0v) is 9.95. The fourth-order valence-electron chi connectivity index (χ4n) is 2.23. The molecule has 0 aliphatic carbocycles. The van der Waals surface area contributed by atoms with Crippen molar-refractivity contribution < 1.29 is 4.74 Å². The van der Waals surface area contributed by atoms with Gasteiger partial charge >= 0.3 is 0 Å². The van der Waals surface area contributed by atoms with Crippen molar-refractivity contribution in [2.24, 2.45) is 11.7 Å². The third-order valence-corrected chi connectivity index (χ3v) is 3.28. The van der Waals surface area contributed by atoms with Crippen LogP contribution in [0.4, 0.5) is 0 Å². The lowest BCUT2D eigenvalue weighted by Crippen LogP contribution is -2.30. The topological polar surface area (TPSA) is 35.2 Å². The number of hydrogen-bond acceptors (Lipinski definition) is 2. The second-order valence-electron chi connectivity index (χ2n) is 4.73. The average Bonchev–Trinajstić information content (AvgIpc) is 2.64. The van der Waals surface area contributed by atoms with E-state index < -0.39 is 0 Å². The van der Waals surface area contributed by atoms with E-state index in [0.29, 0.717) is 18.1 Å². The highest BCUT2D eigenvalue weighted by Gasteiger charge is 2.26. The number of hydrogen-bond donors (Lipinski definition) is 1. The largest absolute Gasteiger partial charge is 0.378 e. The summed E-state index contributed by atoms with van der Waals surface area (Å²) < 4.78 is 5.54. The molecule has 1 rings (SSSR count). The van der Waals surface area contributed by atoms with Gasteiger partial charge in [-0.3, -0.25) is 0 Å². The van der Waals surface area contributed by atoms with Gasteiger partial charge in [0.2, 0.25) is 0 Å². The molecule has 0 radical (unpaired) electrons. The first-order valence-corrected chi connectivity index (χ1v) is 6.22. The van der Waals surface area contributed by atoms with Crippen LogP contribution >= 0.6 is 0 Å². The maximum Gasteiger partial charge on any atom is 0.0551 e. The molecule has 88 valence electrons. The van der Waals surface area contributed by atoms with Crippen LogP contribution in [-0.2, 0) is 4.74 Å². The Balaban J connectivity index is 2.03. The summed E-state index contributed by atoms with van der Waals surface area (Å²) in [6, 6.07) is 0.346. The van der Waals surface area contributed by atoms with Crippen LogP contribution in [0.25, 0.3) is 0 Å². The van der Waals surface area contributed by atoms with Crippen LogP contribution in [0.2, 0.25) is 0 Å². The normalized spacial score (nSPS) is 27.9. The van der Waals surface area contributed by atoms with E-state index in [9.17, 15) is 0 Å². The van der Waals surface area contributed by atoms with Crippen LogP contribution in [0.1, 0.15) is 45.4 Å². The van der Waals surface area contributed by atoms with Gasteiger partial charge < -0.3 is 10.5 Å². The standard InChI is InChI=1S/C13H25NO/c1-3-4-5-6-7-8-13(14)12-9-11(2)15-10-12/h3,11-13H,1,4-10,14H2,2H3. The zero-order chi connectivity index (χ0) is 11.1. The second kappa shape index (κ2) is 7.02. The molecule has 1 heterocycles. The van der Waals surface area contributed by atoms with Gasteiger partial charge in [0, 0.05) is 6.04 Å². The van der Waals surface area contributed by atoms with E-state index in [1.165, 1.54) is 19.3 Å². The fraction of sp³-hybridized carbons (Fsp3) is 0.846. The van der Waals surface area contributed by atoms with Crippen molar-refractivity contribution >= 4 is 0 Å². The van der Waals surface area contributed by atoms with Crippen LogP contribution in [0.5, 0.6) is 0 Å². The van der Waals surface area contributed by atoms with Crippen LogP contribution < -0.4 is 5.73 Å². The highest BCUT2D eigenvalue weighted by molar-refractivity contribution is 4.79. The summed E-state index contributed by atoms with van der Waals surface area (Å²) in [5.74, 6) is 0.597. The molecule has 2 heteroatoms. The predicted octanol–water partition coefficient (Wildman–Crippen LogP) is 2.88. The summed E-state index contributed by atoms with van der Waals surface area (Å²) in [4.78, 5) is 0. The van der Waals surface area contributed by atoms with Crippen molar-refractivity contribution in [2.75, 3.05) is 6.61 Å². The first-order valence-electron chi connectivity index (χ1n) is 6.22. The lowest BCUT2D eigenvalue weighted by molar-refractivity contribution is 0.118. The highest BCUT2D eigenvalue weighted by Crippen LogP contribution is 2.23. The minimum atomic E-state index is 0.346. The van der Waals surface area contributed by atoms with Gasteiger partial charge in [-0.1, -0.05) is 18.9 Å². The predicted molar refractivity (Wildman–Crippen MR) is 64.8 cm³/mol. The summed E-state index contributed by atoms with van der Waals surface area (Å²) >= 11 is 0. The Bertz CT molecular complexity index is 181. The number of allylic oxidation sites excluding steroid dienone is 1. The zero-order valence-electron chi connectivity index (χ0n) is 9.95. The van der Waals surface area contributed by atoms with Gasteiger partial charge in [0.25, 0.3) is 0 Å². The van der Waals surface area contributed by atoms with Crippen molar-refractivity contribution in [1.82, 2.24) is 0 Å². The molecule has 2 N–H and O–H groups in total. The Hall–Kier alpha value is -0.340. The van der Waals surface area contributed by atoms with E-state index >= 15 is 0 Å². The van der Waals surface area contributed by atoms with Crippen LogP contribution in [0, 0.1) is 5.92 Å². The van der Waals surface area contributed by atoms with Crippen molar-refractivity contribution in [2.45, 2.75) is 57.6 Å². The molecule has 1 saturated heterocycles. The van der Waals surface area contributed by atoms with Gasteiger partial charge in [-0.15, -0.1) is 6.58 Å². The van der Waals surface area contributed by atoms with E-state index in [-0.39, 0.29) is 0 Å². The molecule has 0 aromatic carbocycles. The number of rotatable bonds is 7. The molecule has 0 amide bonds. The van der Waals surface area contributed by atoms with Crippen LogP contribution in [0.15, 0.2) is 12.7 Å². The first-order chi connectivity index (χ1) is 7.24. The van der Waals surface area contributed by atoms with E-state index in [1.54, 1.807) is 0 Å². The molecule has 3 unspecified atom stereocenters. The molecule has 0 saturated carbocycles. The molecule has 0 bridgehead atoms. The highest BCUT2D eigenvalue weighted by atomic mass is 16.5. The Morgan fingerprint density at radius 3 is 2.87 bits per heavy atom. The minimum absolute atomic E-state index is 0.346. The monoisotopic (exact) mass is 211 g/mol. The van der Waals surface area contributed by atoms with Crippen molar-refractivity contribution in [3.05, 3.63) is 12.7 Å². The molecule has 0 aromatic heterocycles. The molecule has 0 aromatic rings. The Labute approximate surface area is 93.9 Å². The molecular weight excluding hydrogens is 186 g/mol. The van der Waals surface area contributed by atoms with E-state index in [1.807, 2.05) is 6.08 Å². The molecule has 15 heavy (non-hydrogen) atoms. The lowest BCUT2D eigenvalue weighted by atomic mass is 9.93. The molecule has 1 aliphatic rings. The molecule has 1 aliphatic heterocycles. The summed E-state index contributed by atoms with van der Waals surface area (Å²) in [5, 5.41) is 0. The third-order valence-electron chi connectivity index (χ3n) is 3.28. The van der Waals surface area contributed by atoms with Crippen LogP contribution in [0.3, 0.4) is 0 Å². The Kier molecular flexibility index (Phi) is 5.96. The van der Waals surface area contributed by atoms with Crippen LogP contribution in [-0.4, -0.2) is 18.8 Å². The minimum Gasteiger partial charge on any atom is -0.378 e. The maximum atomic E-state index is 6.16. The Morgan fingerprint density at radius 1 is 1.47 bits per heavy atom. The molecular formula is C13H25NO. The number of nitrogens with two attached hydrogens (primary N) is 1. The number of unbranched alkanes of at least 4 members (excludes halogenated alkanes) is 3. The first kappa shape index (κ1) is 12.7. The lowest BCUT2D eigenvalue weighted by Gasteiger charge is -2.17. The maximum absolute atomic E-state index is 6.16. The van der Waals surface area contributed by atoms with Gasteiger partial charge in [-0.2, -0.15) is 0 Å². The summed E-state index contributed by atoms with van der Waals surface area (Å²) in [6.07, 6.45) is 9.63. The number of ether oxygens (including phenoxy) is 1. The fourth-order valence-corrected chi connectivity index (χ4v) is 2.23. The Morgan fingerprint density at radius 2 is 2.27 bits per heavy atom. The second-order valence-corrected chi connectivity index (χ2v) is 4.73.